The molecule has 4 unspecified atom stereocenters. The molecule has 0 amide bonds. The summed E-state index contributed by atoms with van der Waals surface area (Å²) in [5, 5.41) is 40.8. The van der Waals surface area contributed by atoms with Gasteiger partial charge in [-0.2, -0.15) is 0 Å². The first-order chi connectivity index (χ1) is 24.6. The lowest BCUT2D eigenvalue weighted by Gasteiger charge is -2.43. The number of carbonyl (C=O) groups is 2. The monoisotopic (exact) mass is 776 g/mol. The van der Waals surface area contributed by atoms with E-state index in [1.807, 2.05) is 11.8 Å². The molecule has 18 heteroatoms. The van der Waals surface area contributed by atoms with E-state index >= 15 is 0 Å². The fourth-order valence-electron chi connectivity index (χ4n) is 5.02. The third-order valence-electron chi connectivity index (χ3n) is 7.65. The molecule has 1 aliphatic carbocycles. The molecule has 7 N–H and O–H groups in total. The van der Waals surface area contributed by atoms with Crippen molar-refractivity contribution in [2.45, 2.75) is 140 Å². The molecule has 1 aliphatic rings. The van der Waals surface area contributed by atoms with Gasteiger partial charge in [-0.25, -0.2) is 13.9 Å². The van der Waals surface area contributed by atoms with Crippen molar-refractivity contribution in [2.24, 2.45) is 0 Å². The first-order valence-corrected chi connectivity index (χ1v) is 20.1. The van der Waals surface area contributed by atoms with Gasteiger partial charge in [-0.3, -0.25) is 18.4 Å². The minimum atomic E-state index is -5.38. The second-order valence-corrected chi connectivity index (χ2v) is 14.6. The molecule has 0 aliphatic heterocycles. The van der Waals surface area contributed by atoms with E-state index in [2.05, 4.69) is 41.0 Å². The van der Waals surface area contributed by atoms with Gasteiger partial charge < -0.3 is 44.6 Å². The number of hydrogen-bond donors (Lipinski definition) is 7. The van der Waals surface area contributed by atoms with Crippen molar-refractivity contribution in [3.63, 3.8) is 0 Å². The number of ether oxygens (including phenoxy) is 2. The Morgan fingerprint density at radius 1 is 0.673 bits per heavy atom. The SMILES string of the molecule is C#CC#CC#CC#CC(=O)OC[C@H](COP(=O)(O)OC1C(O)[C@H](O)[C@H](O)C(OP(=O)(O)O)[C@@H]1O)OC(=O)CCCCCCCCCCCCCCC. The number of aliphatic hydroxyl groups is 4. The lowest BCUT2D eigenvalue weighted by atomic mass is 9.85. The van der Waals surface area contributed by atoms with Crippen LogP contribution in [0, 0.1) is 47.9 Å². The van der Waals surface area contributed by atoms with E-state index in [4.69, 9.17) is 34.7 Å². The Morgan fingerprint density at radius 2 is 1.17 bits per heavy atom. The average Bonchev–Trinajstić information content (AvgIpc) is 3.08. The van der Waals surface area contributed by atoms with E-state index in [1.54, 1.807) is 0 Å². The zero-order valence-electron chi connectivity index (χ0n) is 29.1. The van der Waals surface area contributed by atoms with E-state index in [-0.39, 0.29) is 6.42 Å². The molecule has 0 bridgehead atoms. The maximum atomic E-state index is 12.8. The molecule has 1 fully saturated rings. The van der Waals surface area contributed by atoms with E-state index in [1.165, 1.54) is 44.9 Å². The van der Waals surface area contributed by atoms with Crippen LogP contribution in [0.2, 0.25) is 0 Å². The smallest absolute Gasteiger partial charge is 0.456 e. The van der Waals surface area contributed by atoms with Gasteiger partial charge in [-0.1, -0.05) is 84.0 Å². The normalized spacial score (nSPS) is 22.8. The van der Waals surface area contributed by atoms with Crippen molar-refractivity contribution in [2.75, 3.05) is 13.2 Å². The van der Waals surface area contributed by atoms with Crippen LogP contribution >= 0.6 is 15.6 Å². The summed E-state index contributed by atoms with van der Waals surface area (Å²) in [5.41, 5.74) is 0. The van der Waals surface area contributed by atoms with Crippen LogP contribution in [0.5, 0.6) is 0 Å². The number of aliphatic hydroxyl groups excluding tert-OH is 4. The number of rotatable bonds is 24. The van der Waals surface area contributed by atoms with Crippen LogP contribution in [-0.2, 0) is 41.8 Å². The lowest BCUT2D eigenvalue weighted by molar-refractivity contribution is -0.216. The van der Waals surface area contributed by atoms with E-state index in [0.29, 0.717) is 6.42 Å². The maximum absolute atomic E-state index is 12.8. The Balaban J connectivity index is 2.76. The number of phosphoric acid groups is 2. The zero-order valence-corrected chi connectivity index (χ0v) is 30.9. The summed E-state index contributed by atoms with van der Waals surface area (Å²) < 4.78 is 48.2. The molecular weight excluding hydrogens is 726 g/mol. The highest BCUT2D eigenvalue weighted by Gasteiger charge is 2.54. The molecule has 52 heavy (non-hydrogen) atoms. The summed E-state index contributed by atoms with van der Waals surface area (Å²) in [6.45, 7) is 0.549. The first-order valence-electron chi connectivity index (χ1n) is 17.1. The van der Waals surface area contributed by atoms with Crippen LogP contribution in [0.15, 0.2) is 0 Å². The highest BCUT2D eigenvalue weighted by atomic mass is 31.2. The molecular formula is C34H50O16P2. The van der Waals surface area contributed by atoms with Crippen molar-refractivity contribution < 1.29 is 76.9 Å². The molecule has 292 valence electrons. The van der Waals surface area contributed by atoms with Crippen molar-refractivity contribution in [1.29, 1.82) is 0 Å². The van der Waals surface area contributed by atoms with Gasteiger partial charge in [0.2, 0.25) is 0 Å². The third kappa shape index (κ3) is 21.1. The lowest BCUT2D eigenvalue weighted by Crippen LogP contribution is -2.64. The number of terminal acetylenes is 1. The number of phosphoric ester groups is 2. The van der Waals surface area contributed by atoms with Crippen LogP contribution in [0.4, 0.5) is 0 Å². The van der Waals surface area contributed by atoms with E-state index < -0.39 is 83.5 Å². The molecule has 8 atom stereocenters. The summed E-state index contributed by atoms with van der Waals surface area (Å²) >= 11 is 0. The molecule has 0 spiro atoms. The molecule has 0 aromatic heterocycles. The van der Waals surface area contributed by atoms with Gasteiger partial charge in [0.1, 0.15) is 43.2 Å². The standard InChI is InChI=1S/C34H50O16P2/c1-3-5-7-9-11-12-13-14-15-16-17-19-21-23-28(36)48-26(24-46-27(35)22-20-18-10-8-6-4-2)25-47-52(44,45)50-34-31(39)29(37)30(38)33(32(34)40)49-51(41,42)43/h2,26,29-34,37-40H,3,5,7,9,11-17,19,21,23-25H2,1H3,(H,44,45)(H2,41,42,43)/t26-,29-,30+,31?,32+,33?,34?/m1/s1. The van der Waals surface area contributed by atoms with Gasteiger partial charge >= 0.3 is 27.6 Å². The molecule has 1 rings (SSSR count). The Morgan fingerprint density at radius 3 is 1.71 bits per heavy atom. The van der Waals surface area contributed by atoms with Gasteiger partial charge in [0.05, 0.1) is 6.61 Å². The Bertz CT molecular complexity index is 1420. The summed E-state index contributed by atoms with van der Waals surface area (Å²) in [4.78, 5) is 53.1. The highest BCUT2D eigenvalue weighted by molar-refractivity contribution is 7.47. The topological polar surface area (TPSA) is 256 Å². The van der Waals surface area contributed by atoms with Crippen LogP contribution in [-0.4, -0.2) is 103 Å². The van der Waals surface area contributed by atoms with Gasteiger partial charge in [0.25, 0.3) is 0 Å². The van der Waals surface area contributed by atoms with Crippen LogP contribution in [0.3, 0.4) is 0 Å². The van der Waals surface area contributed by atoms with Crippen LogP contribution < -0.4 is 0 Å². The average molecular weight is 777 g/mol. The molecule has 0 radical (unpaired) electrons. The number of esters is 2. The number of carbonyl (C=O) groups excluding carboxylic acids is 2. The molecule has 0 saturated heterocycles. The predicted octanol–water partition coefficient (Wildman–Crippen LogP) is 2.00. The van der Waals surface area contributed by atoms with Crippen LogP contribution in [0.1, 0.15) is 96.8 Å². The van der Waals surface area contributed by atoms with Crippen molar-refractivity contribution in [3.05, 3.63) is 0 Å². The van der Waals surface area contributed by atoms with Crippen molar-refractivity contribution in [3.8, 4) is 47.9 Å². The first kappa shape index (κ1) is 47.3. The summed E-state index contributed by atoms with van der Waals surface area (Å²) in [6, 6.07) is 0. The minimum Gasteiger partial charge on any atom is -0.456 e. The van der Waals surface area contributed by atoms with Crippen molar-refractivity contribution >= 4 is 27.6 Å². The van der Waals surface area contributed by atoms with Gasteiger partial charge in [-0.05, 0) is 41.9 Å². The molecule has 0 aromatic rings. The predicted molar refractivity (Wildman–Crippen MR) is 185 cm³/mol. The highest BCUT2D eigenvalue weighted by Crippen LogP contribution is 2.49. The summed E-state index contributed by atoms with van der Waals surface area (Å²) in [6.07, 6.45) is 4.03. The van der Waals surface area contributed by atoms with Gasteiger partial charge in [-0.15, -0.1) is 6.42 Å². The van der Waals surface area contributed by atoms with E-state index in [9.17, 15) is 44.0 Å². The quantitative estimate of drug-likeness (QED) is 0.0243. The molecule has 0 aromatic carbocycles. The molecule has 1 saturated carbocycles. The fourth-order valence-corrected chi connectivity index (χ4v) is 6.56. The largest absolute Gasteiger partial charge is 0.472 e. The fraction of sp³-hybridized carbons (Fsp3) is 0.706. The zero-order chi connectivity index (χ0) is 39.0. The number of hydrogen-bond acceptors (Lipinski definition) is 13. The Kier molecular flexibility index (Phi) is 23.7. The second kappa shape index (κ2) is 26.1. The van der Waals surface area contributed by atoms with Crippen molar-refractivity contribution in [1.82, 2.24) is 0 Å². The Hall–Kier alpha value is -2.76. The second-order valence-electron chi connectivity index (χ2n) is 12.0. The Labute approximate surface area is 304 Å². The summed E-state index contributed by atoms with van der Waals surface area (Å²) in [5.74, 6) is 13.4. The number of unbranched alkanes of at least 4 members (excludes halogenated alkanes) is 12. The summed E-state index contributed by atoms with van der Waals surface area (Å²) in [7, 11) is -10.7. The van der Waals surface area contributed by atoms with Gasteiger partial charge in [0.15, 0.2) is 6.10 Å². The molecule has 0 heterocycles. The molecule has 16 nitrogen and oxygen atoms in total. The van der Waals surface area contributed by atoms with Gasteiger partial charge in [0, 0.05) is 12.3 Å². The minimum absolute atomic E-state index is 0.0226. The maximum Gasteiger partial charge on any atom is 0.472 e. The van der Waals surface area contributed by atoms with Crippen LogP contribution in [0.25, 0.3) is 0 Å². The van der Waals surface area contributed by atoms with E-state index in [0.717, 1.165) is 32.1 Å². The third-order valence-corrected chi connectivity index (χ3v) is 9.16.